The van der Waals surface area contributed by atoms with Gasteiger partial charge >= 0.3 is 0 Å². The fraction of sp³-hybridized carbons (Fsp3) is 0.250. The van der Waals surface area contributed by atoms with Gasteiger partial charge in [-0.25, -0.2) is 0 Å². The third kappa shape index (κ3) is 5.84. The SMILES string of the molecule is COc1ccc(C[C@@H](C)NC[C@H](O)c2ccc(OCc3ccccc3)c3[nH]c(=O)ccc23)cc1. The van der Waals surface area contributed by atoms with Gasteiger partial charge in [0.2, 0.25) is 5.56 Å². The molecule has 4 aromatic rings. The highest BCUT2D eigenvalue weighted by Crippen LogP contribution is 2.30. The molecule has 0 unspecified atom stereocenters. The van der Waals surface area contributed by atoms with Crippen LogP contribution >= 0.6 is 0 Å². The summed E-state index contributed by atoms with van der Waals surface area (Å²) in [6.45, 7) is 2.86. The Labute approximate surface area is 199 Å². The first-order valence-corrected chi connectivity index (χ1v) is 11.4. The van der Waals surface area contributed by atoms with E-state index >= 15 is 0 Å². The minimum Gasteiger partial charge on any atom is -0.497 e. The summed E-state index contributed by atoms with van der Waals surface area (Å²) in [6, 6.07) is 24.9. The molecule has 0 aliphatic rings. The Morgan fingerprint density at radius 2 is 1.71 bits per heavy atom. The van der Waals surface area contributed by atoms with Gasteiger partial charge in [-0.1, -0.05) is 48.5 Å². The fourth-order valence-corrected chi connectivity index (χ4v) is 4.00. The Morgan fingerprint density at radius 1 is 0.941 bits per heavy atom. The quantitative estimate of drug-likeness (QED) is 0.329. The van der Waals surface area contributed by atoms with Crippen LogP contribution in [0.3, 0.4) is 0 Å². The van der Waals surface area contributed by atoms with E-state index in [0.29, 0.717) is 24.4 Å². The summed E-state index contributed by atoms with van der Waals surface area (Å²) in [5.74, 6) is 1.41. The summed E-state index contributed by atoms with van der Waals surface area (Å²) in [7, 11) is 1.65. The van der Waals surface area contributed by atoms with E-state index in [2.05, 4.69) is 17.2 Å². The van der Waals surface area contributed by atoms with E-state index in [1.807, 2.05) is 60.7 Å². The molecule has 176 valence electrons. The molecule has 2 atom stereocenters. The van der Waals surface area contributed by atoms with Crippen molar-refractivity contribution in [2.24, 2.45) is 0 Å². The number of methoxy groups -OCH3 is 1. The van der Waals surface area contributed by atoms with Crippen molar-refractivity contribution in [1.82, 2.24) is 10.3 Å². The van der Waals surface area contributed by atoms with Crippen LogP contribution in [0.15, 0.2) is 83.7 Å². The van der Waals surface area contributed by atoms with Crippen molar-refractivity contribution < 1.29 is 14.6 Å². The molecule has 0 spiro atoms. The Bertz CT molecular complexity index is 1270. The third-order valence-electron chi connectivity index (χ3n) is 5.85. The maximum absolute atomic E-state index is 12.0. The molecule has 0 saturated carbocycles. The average molecular weight is 459 g/mol. The molecule has 34 heavy (non-hydrogen) atoms. The molecule has 0 saturated heterocycles. The number of hydrogen-bond acceptors (Lipinski definition) is 5. The van der Waals surface area contributed by atoms with E-state index in [9.17, 15) is 9.90 Å². The van der Waals surface area contributed by atoms with Crippen molar-refractivity contribution in [2.45, 2.75) is 32.1 Å². The molecule has 1 aromatic heterocycles. The normalized spacial score (nSPS) is 12.9. The molecule has 0 bridgehead atoms. The zero-order chi connectivity index (χ0) is 23.9. The fourth-order valence-electron chi connectivity index (χ4n) is 4.00. The van der Waals surface area contributed by atoms with Gasteiger partial charge in [0.25, 0.3) is 0 Å². The van der Waals surface area contributed by atoms with Crippen LogP contribution in [0.1, 0.15) is 29.7 Å². The number of benzene rings is 3. The van der Waals surface area contributed by atoms with Crippen molar-refractivity contribution >= 4 is 10.9 Å². The number of aliphatic hydroxyl groups is 1. The number of hydrogen-bond donors (Lipinski definition) is 3. The standard InChI is InChI=1S/C28H30N2O4/c1-19(16-20-8-10-22(33-2)11-9-20)29-17-25(31)23-12-14-26(28-24(23)13-15-27(32)30-28)34-18-21-6-4-3-5-7-21/h3-15,19,25,29,31H,16-18H2,1-2H3,(H,30,32)/t19-,25+/m1/s1. The first kappa shape index (κ1) is 23.5. The van der Waals surface area contributed by atoms with Gasteiger partial charge in [0.05, 0.1) is 18.7 Å². The second kappa shape index (κ2) is 11.0. The monoisotopic (exact) mass is 458 g/mol. The Morgan fingerprint density at radius 3 is 2.44 bits per heavy atom. The summed E-state index contributed by atoms with van der Waals surface area (Å²) >= 11 is 0. The minimum atomic E-state index is -0.741. The average Bonchev–Trinajstić information content (AvgIpc) is 2.87. The minimum absolute atomic E-state index is 0.169. The maximum atomic E-state index is 12.0. The smallest absolute Gasteiger partial charge is 0.248 e. The van der Waals surface area contributed by atoms with E-state index in [4.69, 9.17) is 9.47 Å². The summed E-state index contributed by atoms with van der Waals surface area (Å²) in [5, 5.41) is 15.1. The van der Waals surface area contributed by atoms with Crippen molar-refractivity contribution in [3.05, 3.63) is 106 Å². The summed E-state index contributed by atoms with van der Waals surface area (Å²) in [6.07, 6.45) is 0.0896. The van der Waals surface area contributed by atoms with E-state index in [0.717, 1.165) is 28.7 Å². The van der Waals surface area contributed by atoms with Crippen LogP contribution in [-0.2, 0) is 13.0 Å². The third-order valence-corrected chi connectivity index (χ3v) is 5.85. The van der Waals surface area contributed by atoms with Crippen LogP contribution in [0.25, 0.3) is 10.9 Å². The van der Waals surface area contributed by atoms with Gasteiger partial charge in [-0.05, 0) is 54.3 Å². The summed E-state index contributed by atoms with van der Waals surface area (Å²) < 4.78 is 11.2. The van der Waals surface area contributed by atoms with Gasteiger partial charge in [0.1, 0.15) is 18.1 Å². The molecule has 1 heterocycles. The number of fused-ring (bicyclic) bond motifs is 1. The molecule has 6 nitrogen and oxygen atoms in total. The van der Waals surface area contributed by atoms with Gasteiger partial charge in [-0.15, -0.1) is 0 Å². The number of ether oxygens (including phenoxy) is 2. The highest BCUT2D eigenvalue weighted by atomic mass is 16.5. The molecule has 0 aliphatic heterocycles. The lowest BCUT2D eigenvalue weighted by molar-refractivity contribution is 0.172. The maximum Gasteiger partial charge on any atom is 0.248 e. The molecular formula is C28H30N2O4. The topological polar surface area (TPSA) is 83.6 Å². The highest BCUT2D eigenvalue weighted by molar-refractivity contribution is 5.87. The van der Waals surface area contributed by atoms with E-state index < -0.39 is 6.10 Å². The molecule has 0 aliphatic carbocycles. The van der Waals surface area contributed by atoms with Gasteiger partial charge in [0.15, 0.2) is 0 Å². The lowest BCUT2D eigenvalue weighted by atomic mass is 10.0. The Balaban J connectivity index is 1.45. The highest BCUT2D eigenvalue weighted by Gasteiger charge is 2.16. The van der Waals surface area contributed by atoms with Gasteiger partial charge in [-0.2, -0.15) is 0 Å². The van der Waals surface area contributed by atoms with Crippen molar-refractivity contribution in [2.75, 3.05) is 13.7 Å². The number of nitrogens with one attached hydrogen (secondary N) is 2. The van der Waals surface area contributed by atoms with Crippen molar-refractivity contribution in [3.8, 4) is 11.5 Å². The van der Waals surface area contributed by atoms with Gasteiger partial charge in [-0.3, -0.25) is 4.79 Å². The van der Waals surface area contributed by atoms with E-state index in [1.54, 1.807) is 19.2 Å². The second-order valence-electron chi connectivity index (χ2n) is 8.42. The zero-order valence-corrected chi connectivity index (χ0v) is 19.5. The lowest BCUT2D eigenvalue weighted by Crippen LogP contribution is -2.32. The molecule has 0 fully saturated rings. The summed E-state index contributed by atoms with van der Waals surface area (Å²) in [4.78, 5) is 14.9. The van der Waals surface area contributed by atoms with Crippen LogP contribution in [0, 0.1) is 0 Å². The number of aliphatic hydroxyl groups excluding tert-OH is 1. The molecular weight excluding hydrogens is 428 g/mol. The van der Waals surface area contributed by atoms with E-state index in [-0.39, 0.29) is 11.6 Å². The van der Waals surface area contributed by atoms with Crippen molar-refractivity contribution in [1.29, 1.82) is 0 Å². The number of aromatic amines is 1. The number of pyridine rings is 1. The van der Waals surface area contributed by atoms with Crippen LogP contribution < -0.4 is 20.3 Å². The first-order valence-electron chi connectivity index (χ1n) is 11.4. The van der Waals surface area contributed by atoms with Crippen LogP contribution in [0.2, 0.25) is 0 Å². The Hall–Kier alpha value is -3.61. The summed E-state index contributed by atoms with van der Waals surface area (Å²) in [5.41, 5.74) is 3.34. The first-order chi connectivity index (χ1) is 16.5. The van der Waals surface area contributed by atoms with E-state index in [1.165, 1.54) is 11.6 Å². The molecule has 4 rings (SSSR count). The zero-order valence-electron chi connectivity index (χ0n) is 19.5. The molecule has 3 N–H and O–H groups in total. The number of H-pyrrole nitrogens is 1. The van der Waals surface area contributed by atoms with Crippen LogP contribution in [-0.4, -0.2) is 29.8 Å². The molecule has 0 amide bonds. The predicted octanol–water partition coefficient (Wildman–Crippen LogP) is 4.37. The largest absolute Gasteiger partial charge is 0.497 e. The van der Waals surface area contributed by atoms with Crippen LogP contribution in [0.4, 0.5) is 0 Å². The number of aromatic nitrogens is 1. The van der Waals surface area contributed by atoms with Gasteiger partial charge < -0.3 is 24.9 Å². The molecule has 0 radical (unpaired) electrons. The lowest BCUT2D eigenvalue weighted by Gasteiger charge is -2.20. The second-order valence-corrected chi connectivity index (χ2v) is 8.42. The van der Waals surface area contributed by atoms with Crippen LogP contribution in [0.5, 0.6) is 11.5 Å². The number of rotatable bonds is 10. The molecule has 3 aromatic carbocycles. The Kier molecular flexibility index (Phi) is 7.62. The predicted molar refractivity (Wildman–Crippen MR) is 134 cm³/mol. The van der Waals surface area contributed by atoms with Gasteiger partial charge in [0, 0.05) is 24.0 Å². The van der Waals surface area contributed by atoms with Crippen molar-refractivity contribution in [3.63, 3.8) is 0 Å². The molecule has 6 heteroatoms.